The highest BCUT2D eigenvalue weighted by atomic mass is 16.5. The summed E-state index contributed by atoms with van der Waals surface area (Å²) in [7, 11) is 0. The van der Waals surface area contributed by atoms with E-state index < -0.39 is 28.1 Å². The Kier molecular flexibility index (Phi) is 10.7. The fourth-order valence-corrected chi connectivity index (χ4v) is 17.9. The van der Waals surface area contributed by atoms with Gasteiger partial charge in [0.25, 0.3) is 0 Å². The highest BCUT2D eigenvalue weighted by Crippen LogP contribution is 2.79. The van der Waals surface area contributed by atoms with E-state index in [0.717, 1.165) is 102 Å². The predicted molar refractivity (Wildman–Crippen MR) is 242 cm³/mol. The zero-order valence-electron chi connectivity index (χ0n) is 39.7. The number of fused-ring (bicyclic) bond motifs is 7. The Hall–Kier alpha value is -3.00. The lowest BCUT2D eigenvalue weighted by Gasteiger charge is -2.74. The van der Waals surface area contributed by atoms with E-state index in [0.29, 0.717) is 24.7 Å². The molecule has 2 aliphatic heterocycles. The topological polar surface area (TPSA) is 104 Å². The molecule has 11 atom stereocenters. The summed E-state index contributed by atoms with van der Waals surface area (Å²) in [6, 6.07) is 9.95. The van der Waals surface area contributed by atoms with Crippen molar-refractivity contribution in [3.05, 3.63) is 47.0 Å². The number of ketones is 1. The van der Waals surface area contributed by atoms with Crippen LogP contribution in [0.2, 0.25) is 0 Å². The van der Waals surface area contributed by atoms with Crippen LogP contribution in [0, 0.1) is 73.4 Å². The molecule has 1 aromatic carbocycles. The van der Waals surface area contributed by atoms with Gasteiger partial charge in [-0.05, 0) is 170 Å². The summed E-state index contributed by atoms with van der Waals surface area (Å²) < 4.78 is 5.85. The normalized spacial score (nSPS) is 42.2. The third-order valence-corrected chi connectivity index (χ3v) is 21.2. The van der Waals surface area contributed by atoms with Gasteiger partial charge in [-0.25, -0.2) is 0 Å². The van der Waals surface area contributed by atoms with Gasteiger partial charge in [-0.3, -0.25) is 19.2 Å². The number of carbonyl (C=O) groups excluding carboxylic acids is 3. The van der Waals surface area contributed by atoms with Crippen molar-refractivity contribution in [1.82, 2.24) is 9.80 Å². The maximum atomic E-state index is 15.4. The summed E-state index contributed by atoms with van der Waals surface area (Å²) in [6.07, 6.45) is 13.0. The molecule has 0 aromatic heterocycles. The van der Waals surface area contributed by atoms with E-state index in [2.05, 4.69) is 58.3 Å². The molecule has 8 nitrogen and oxygen atoms in total. The van der Waals surface area contributed by atoms with E-state index in [1.807, 2.05) is 44.2 Å². The fourth-order valence-electron chi connectivity index (χ4n) is 17.9. The van der Waals surface area contributed by atoms with E-state index in [-0.39, 0.29) is 69.7 Å². The fraction of sp³-hybridized carbons (Fsp3) is 0.778. The van der Waals surface area contributed by atoms with E-state index in [4.69, 9.17) is 4.74 Å². The second-order valence-corrected chi connectivity index (χ2v) is 24.3. The predicted octanol–water partition coefficient (Wildman–Crippen LogP) is 10.5. The first-order chi connectivity index (χ1) is 29.2. The molecule has 6 aliphatic carbocycles. The van der Waals surface area contributed by atoms with E-state index in [1.54, 1.807) is 0 Å². The number of nitrogens with zero attached hydrogens (tertiary/aromatic N) is 2. The number of carbonyl (C=O) groups is 4. The van der Waals surface area contributed by atoms with Crippen molar-refractivity contribution in [1.29, 1.82) is 0 Å². The number of carboxylic acids is 1. The van der Waals surface area contributed by atoms with Crippen LogP contribution in [-0.2, 0) is 30.5 Å². The Morgan fingerprint density at radius 3 is 2.15 bits per heavy atom. The lowest BCUT2D eigenvalue weighted by atomic mass is 9.29. The zero-order valence-corrected chi connectivity index (χ0v) is 39.7. The standard InChI is InChI=1S/C54H78N2O6/c1-34(2)43-39(57)31-53(46(59)56-29-15-18-36(56)32-55-27-13-14-28-55)26-25-51(8)37(44(43)53)19-20-42-50(7)23-21-41(48(3,4)40(50)22-24-52(42,51)9)54(47(60)61)30-38(49(54,5)6)45(58)62-33-35-16-11-10-12-17-35/h10-12,16-17,34,36-38,40-42H,13-15,18-33H2,1-9H3,(H,60,61)/t36?,37-,38+,40-,41+,42-,50-,51-,52-,53-,54-/m1/s1. The van der Waals surface area contributed by atoms with Crippen molar-refractivity contribution < 1.29 is 29.0 Å². The highest BCUT2D eigenvalue weighted by molar-refractivity contribution is 6.07. The van der Waals surface area contributed by atoms with Crippen LogP contribution in [0.4, 0.5) is 0 Å². The molecule has 1 unspecified atom stereocenters. The molecule has 0 bridgehead atoms. The van der Waals surface area contributed by atoms with Gasteiger partial charge in [0, 0.05) is 25.6 Å². The molecular formula is C54H78N2O6. The third kappa shape index (κ3) is 5.97. The van der Waals surface area contributed by atoms with Crippen molar-refractivity contribution in [2.75, 3.05) is 26.2 Å². The molecule has 7 fully saturated rings. The molecule has 5 saturated carbocycles. The molecule has 1 N–H and O–H groups in total. The quantitative estimate of drug-likeness (QED) is 0.247. The molecule has 8 heteroatoms. The lowest BCUT2D eigenvalue weighted by molar-refractivity contribution is -0.261. The van der Waals surface area contributed by atoms with Crippen molar-refractivity contribution >= 4 is 23.6 Å². The van der Waals surface area contributed by atoms with E-state index in [1.165, 1.54) is 18.4 Å². The second kappa shape index (κ2) is 15.0. The number of esters is 1. The molecular weight excluding hydrogens is 773 g/mol. The number of allylic oxidation sites excluding steroid dienone is 1. The number of ether oxygens (including phenoxy) is 1. The summed E-state index contributed by atoms with van der Waals surface area (Å²) in [5, 5.41) is 11.3. The highest BCUT2D eigenvalue weighted by Gasteiger charge is 2.76. The van der Waals surface area contributed by atoms with Crippen LogP contribution in [0.3, 0.4) is 0 Å². The number of rotatable bonds is 9. The molecule has 340 valence electrons. The summed E-state index contributed by atoms with van der Waals surface area (Å²) >= 11 is 0. The van der Waals surface area contributed by atoms with Crippen molar-refractivity contribution in [3.63, 3.8) is 0 Å². The average molecular weight is 851 g/mol. The van der Waals surface area contributed by atoms with Gasteiger partial charge in [-0.2, -0.15) is 0 Å². The number of hydrogen-bond acceptors (Lipinski definition) is 6. The SMILES string of the molecule is CC(C)C1=C2[C@H]3CC[C@@H]4[C@]5(C)CC[C@H]([C@@]6(C(=O)O)C[C@@H](C(=O)OCc7ccccc7)C6(C)C)C(C)(C)[C@H]5CC[C@@]4(C)[C@]3(C)CC[C@@]2(C(=O)N2CCCC2CN2CCCC2)CC1=O. The number of Topliss-reactive ketones (excluding diaryl/α,β-unsaturated/α-hetero) is 1. The number of hydrogen-bond donors (Lipinski definition) is 1. The molecule has 9 rings (SSSR count). The molecule has 62 heavy (non-hydrogen) atoms. The van der Waals surface area contributed by atoms with Gasteiger partial charge in [0.05, 0.1) is 16.7 Å². The summed E-state index contributed by atoms with van der Waals surface area (Å²) in [6.45, 7) is 25.1. The van der Waals surface area contributed by atoms with Crippen LogP contribution in [0.5, 0.6) is 0 Å². The summed E-state index contributed by atoms with van der Waals surface area (Å²) in [4.78, 5) is 62.1. The smallest absolute Gasteiger partial charge is 0.310 e. The van der Waals surface area contributed by atoms with Gasteiger partial charge in [0.1, 0.15) is 6.61 Å². The van der Waals surface area contributed by atoms with Crippen LogP contribution in [0.1, 0.15) is 158 Å². The molecule has 0 spiro atoms. The van der Waals surface area contributed by atoms with Gasteiger partial charge >= 0.3 is 11.9 Å². The second-order valence-electron chi connectivity index (χ2n) is 24.3. The molecule has 0 radical (unpaired) electrons. The maximum absolute atomic E-state index is 15.4. The minimum atomic E-state index is -1.02. The van der Waals surface area contributed by atoms with Crippen molar-refractivity contribution in [3.8, 4) is 0 Å². The minimum absolute atomic E-state index is 0.0137. The number of amides is 1. The van der Waals surface area contributed by atoms with E-state index in [9.17, 15) is 19.5 Å². The lowest BCUT2D eigenvalue weighted by Crippen LogP contribution is -2.71. The molecule has 2 heterocycles. The monoisotopic (exact) mass is 851 g/mol. The molecule has 2 saturated heterocycles. The molecule has 1 amide bonds. The number of benzene rings is 1. The third-order valence-electron chi connectivity index (χ3n) is 21.2. The van der Waals surface area contributed by atoms with Crippen LogP contribution < -0.4 is 0 Å². The van der Waals surface area contributed by atoms with E-state index >= 15 is 4.79 Å². The largest absolute Gasteiger partial charge is 0.481 e. The maximum Gasteiger partial charge on any atom is 0.310 e. The summed E-state index contributed by atoms with van der Waals surface area (Å²) in [5.41, 5.74) is 0.408. The molecule has 8 aliphatic rings. The minimum Gasteiger partial charge on any atom is -0.481 e. The number of likely N-dealkylation sites (tertiary alicyclic amines) is 2. The van der Waals surface area contributed by atoms with Crippen LogP contribution >= 0.6 is 0 Å². The number of carboxylic acid groups (broad SMARTS) is 1. The first-order valence-electron chi connectivity index (χ1n) is 25.0. The Bertz CT molecular complexity index is 2020. The zero-order chi connectivity index (χ0) is 44.4. The first kappa shape index (κ1) is 44.2. The van der Waals surface area contributed by atoms with Gasteiger partial charge in [-0.1, -0.05) is 92.6 Å². The molecule has 1 aromatic rings. The Labute approximate surface area is 372 Å². The van der Waals surface area contributed by atoms with Crippen molar-refractivity contribution in [2.24, 2.45) is 73.4 Å². The Morgan fingerprint density at radius 2 is 1.48 bits per heavy atom. The van der Waals surface area contributed by atoms with Crippen LogP contribution in [0.25, 0.3) is 0 Å². The van der Waals surface area contributed by atoms with Crippen LogP contribution in [0.15, 0.2) is 41.5 Å². The van der Waals surface area contributed by atoms with Gasteiger partial charge < -0.3 is 19.6 Å². The average Bonchev–Trinajstić information content (AvgIpc) is 3.97. The Balaban J connectivity index is 0.990. The summed E-state index contributed by atoms with van der Waals surface area (Å²) in [5.74, 6) is 0.00589. The van der Waals surface area contributed by atoms with Gasteiger partial charge in [0.15, 0.2) is 5.78 Å². The van der Waals surface area contributed by atoms with Gasteiger partial charge in [-0.15, -0.1) is 0 Å². The first-order valence-corrected chi connectivity index (χ1v) is 25.0. The number of aliphatic carboxylic acids is 1. The van der Waals surface area contributed by atoms with Crippen LogP contribution in [-0.4, -0.2) is 70.8 Å². The van der Waals surface area contributed by atoms with Gasteiger partial charge in [0.2, 0.25) is 5.91 Å². The Morgan fingerprint density at radius 1 is 0.790 bits per heavy atom. The van der Waals surface area contributed by atoms with Crippen molar-refractivity contribution in [2.45, 2.75) is 165 Å².